The fraction of sp³-hybridized carbons (Fsp3) is 0.688. The molecule has 1 saturated heterocycles. The van der Waals surface area contributed by atoms with Gasteiger partial charge in [-0.3, -0.25) is 9.88 Å². The topological polar surface area (TPSA) is 28.2 Å². The van der Waals surface area contributed by atoms with Crippen molar-refractivity contribution < 1.29 is 0 Å². The highest BCUT2D eigenvalue weighted by Gasteiger charge is 2.18. The highest BCUT2D eigenvalue weighted by atomic mass is 15.2. The van der Waals surface area contributed by atoms with E-state index in [2.05, 4.69) is 41.2 Å². The summed E-state index contributed by atoms with van der Waals surface area (Å²) in [4.78, 5) is 6.97. The Labute approximate surface area is 117 Å². The first-order valence-electron chi connectivity index (χ1n) is 7.51. The summed E-state index contributed by atoms with van der Waals surface area (Å²) in [5.74, 6) is 0.708. The molecule has 0 bridgehead atoms. The maximum absolute atomic E-state index is 4.40. The molecule has 19 heavy (non-hydrogen) atoms. The fourth-order valence-electron chi connectivity index (χ4n) is 2.79. The Hall–Kier alpha value is -0.930. The highest BCUT2D eigenvalue weighted by Crippen LogP contribution is 2.12. The van der Waals surface area contributed by atoms with Gasteiger partial charge >= 0.3 is 0 Å². The molecule has 2 rings (SSSR count). The molecular weight excluding hydrogens is 234 g/mol. The van der Waals surface area contributed by atoms with E-state index in [0.29, 0.717) is 12.0 Å². The first-order chi connectivity index (χ1) is 9.13. The first kappa shape index (κ1) is 14.5. The summed E-state index contributed by atoms with van der Waals surface area (Å²) in [7, 11) is 0. The smallest absolute Gasteiger partial charge is 0.0372 e. The minimum atomic E-state index is 0.678. The molecule has 1 N–H and O–H groups in total. The van der Waals surface area contributed by atoms with E-state index in [1.165, 1.54) is 24.9 Å². The summed E-state index contributed by atoms with van der Waals surface area (Å²) in [6.07, 6.45) is 4.66. The van der Waals surface area contributed by atoms with Crippen molar-refractivity contribution in [2.24, 2.45) is 5.92 Å². The molecule has 1 unspecified atom stereocenters. The molecule has 3 nitrogen and oxygen atoms in total. The van der Waals surface area contributed by atoms with Gasteiger partial charge in [-0.05, 0) is 43.9 Å². The minimum absolute atomic E-state index is 0.678. The van der Waals surface area contributed by atoms with Gasteiger partial charge in [-0.2, -0.15) is 0 Å². The third kappa shape index (κ3) is 4.92. The Morgan fingerprint density at radius 1 is 1.42 bits per heavy atom. The molecule has 1 aliphatic heterocycles. The van der Waals surface area contributed by atoms with Crippen molar-refractivity contribution >= 4 is 0 Å². The molecule has 2 heterocycles. The van der Waals surface area contributed by atoms with Gasteiger partial charge in [-0.1, -0.05) is 19.9 Å². The Morgan fingerprint density at radius 3 is 2.84 bits per heavy atom. The van der Waals surface area contributed by atoms with E-state index >= 15 is 0 Å². The van der Waals surface area contributed by atoms with Gasteiger partial charge in [0.2, 0.25) is 0 Å². The zero-order valence-corrected chi connectivity index (χ0v) is 12.5. The van der Waals surface area contributed by atoms with Crippen LogP contribution in [0.2, 0.25) is 0 Å². The average Bonchev–Trinajstić information content (AvgIpc) is 2.84. The van der Waals surface area contributed by atoms with Crippen molar-refractivity contribution in [3.05, 3.63) is 29.6 Å². The molecule has 106 valence electrons. The van der Waals surface area contributed by atoms with Crippen molar-refractivity contribution in [1.29, 1.82) is 0 Å². The van der Waals surface area contributed by atoms with E-state index < -0.39 is 0 Å². The summed E-state index contributed by atoms with van der Waals surface area (Å²) >= 11 is 0. The zero-order valence-electron chi connectivity index (χ0n) is 12.5. The molecule has 1 fully saturated rings. The molecule has 0 saturated carbocycles. The third-order valence-corrected chi connectivity index (χ3v) is 3.64. The van der Waals surface area contributed by atoms with E-state index in [4.69, 9.17) is 0 Å². The Bertz CT molecular complexity index is 366. The number of hydrogen-bond acceptors (Lipinski definition) is 3. The quantitative estimate of drug-likeness (QED) is 0.853. The standard InChI is InChI=1S/C16H27N3/c1-13(2)10-19(12-16-5-4-8-17-16)11-15-7-6-14(3)18-9-15/h6-7,9,13,16-17H,4-5,8,10-12H2,1-3H3. The van der Waals surface area contributed by atoms with Gasteiger partial charge in [-0.15, -0.1) is 0 Å². The molecule has 0 spiro atoms. The van der Waals surface area contributed by atoms with E-state index in [9.17, 15) is 0 Å². The van der Waals surface area contributed by atoms with Crippen LogP contribution >= 0.6 is 0 Å². The van der Waals surface area contributed by atoms with Crippen molar-refractivity contribution in [3.63, 3.8) is 0 Å². The van der Waals surface area contributed by atoms with Crippen LogP contribution in [0, 0.1) is 12.8 Å². The van der Waals surface area contributed by atoms with Gasteiger partial charge in [0.15, 0.2) is 0 Å². The van der Waals surface area contributed by atoms with Gasteiger partial charge in [0.1, 0.15) is 0 Å². The van der Waals surface area contributed by atoms with E-state index in [1.807, 2.05) is 13.1 Å². The van der Waals surface area contributed by atoms with Crippen LogP contribution in [0.5, 0.6) is 0 Å². The molecule has 0 amide bonds. The molecule has 1 aromatic heterocycles. The van der Waals surface area contributed by atoms with Crippen molar-refractivity contribution in [2.75, 3.05) is 19.6 Å². The van der Waals surface area contributed by atoms with Crippen LogP contribution in [0.25, 0.3) is 0 Å². The predicted molar refractivity (Wildman–Crippen MR) is 80.1 cm³/mol. The minimum Gasteiger partial charge on any atom is -0.313 e. The van der Waals surface area contributed by atoms with Crippen molar-refractivity contribution in [1.82, 2.24) is 15.2 Å². The fourth-order valence-corrected chi connectivity index (χ4v) is 2.79. The number of rotatable bonds is 6. The number of aromatic nitrogens is 1. The number of nitrogens with one attached hydrogen (secondary N) is 1. The second kappa shape index (κ2) is 7.01. The molecular formula is C16H27N3. The van der Waals surface area contributed by atoms with Gasteiger partial charge in [0.25, 0.3) is 0 Å². The Morgan fingerprint density at radius 2 is 2.26 bits per heavy atom. The van der Waals surface area contributed by atoms with Gasteiger partial charge in [0, 0.05) is 37.6 Å². The maximum Gasteiger partial charge on any atom is 0.0372 e. The van der Waals surface area contributed by atoms with Crippen molar-refractivity contribution in [3.8, 4) is 0 Å². The molecule has 3 heteroatoms. The van der Waals surface area contributed by atoms with Crippen molar-refractivity contribution in [2.45, 2.75) is 46.2 Å². The lowest BCUT2D eigenvalue weighted by molar-refractivity contribution is 0.216. The van der Waals surface area contributed by atoms with Crippen LogP contribution in [0.3, 0.4) is 0 Å². The third-order valence-electron chi connectivity index (χ3n) is 3.64. The molecule has 1 aromatic rings. The van der Waals surface area contributed by atoms with Gasteiger partial charge in [0.05, 0.1) is 0 Å². The summed E-state index contributed by atoms with van der Waals surface area (Å²) < 4.78 is 0. The lowest BCUT2D eigenvalue weighted by atomic mass is 10.1. The van der Waals surface area contributed by atoms with E-state index in [1.54, 1.807) is 0 Å². The van der Waals surface area contributed by atoms with Gasteiger partial charge in [-0.25, -0.2) is 0 Å². The average molecular weight is 261 g/mol. The van der Waals surface area contributed by atoms with Crippen LogP contribution in [0.4, 0.5) is 0 Å². The Balaban J connectivity index is 1.93. The van der Waals surface area contributed by atoms with E-state index in [0.717, 1.165) is 25.3 Å². The molecule has 0 radical (unpaired) electrons. The van der Waals surface area contributed by atoms with Crippen LogP contribution in [-0.2, 0) is 6.54 Å². The molecule has 1 atom stereocenters. The first-order valence-corrected chi connectivity index (χ1v) is 7.51. The molecule has 1 aliphatic rings. The highest BCUT2D eigenvalue weighted by molar-refractivity contribution is 5.13. The van der Waals surface area contributed by atoms with Crippen LogP contribution in [-0.4, -0.2) is 35.6 Å². The molecule has 0 aliphatic carbocycles. The number of hydrogen-bond donors (Lipinski definition) is 1. The largest absolute Gasteiger partial charge is 0.313 e. The second-order valence-electron chi connectivity index (χ2n) is 6.19. The normalized spacial score (nSPS) is 19.5. The molecule has 0 aromatic carbocycles. The summed E-state index contributed by atoms with van der Waals surface area (Å²) in [5.41, 5.74) is 2.42. The second-order valence-corrected chi connectivity index (χ2v) is 6.19. The summed E-state index contributed by atoms with van der Waals surface area (Å²) in [6.45, 7) is 11.1. The van der Waals surface area contributed by atoms with Crippen LogP contribution in [0.15, 0.2) is 18.3 Å². The number of pyridine rings is 1. The number of aryl methyl sites for hydroxylation is 1. The summed E-state index contributed by atoms with van der Waals surface area (Å²) in [5, 5.41) is 3.60. The van der Waals surface area contributed by atoms with Gasteiger partial charge < -0.3 is 5.32 Å². The van der Waals surface area contributed by atoms with Crippen LogP contribution in [0.1, 0.15) is 37.9 Å². The van der Waals surface area contributed by atoms with E-state index in [-0.39, 0.29) is 0 Å². The van der Waals surface area contributed by atoms with Crippen LogP contribution < -0.4 is 5.32 Å². The zero-order chi connectivity index (χ0) is 13.7. The monoisotopic (exact) mass is 261 g/mol. The Kier molecular flexibility index (Phi) is 5.34. The lowest BCUT2D eigenvalue weighted by Gasteiger charge is -2.27. The SMILES string of the molecule is Cc1ccc(CN(CC(C)C)CC2CCCN2)cn1. The lowest BCUT2D eigenvalue weighted by Crippen LogP contribution is -2.39. The maximum atomic E-state index is 4.40. The number of nitrogens with zero attached hydrogens (tertiary/aromatic N) is 2. The predicted octanol–water partition coefficient (Wildman–Crippen LogP) is 2.60. The summed E-state index contributed by atoms with van der Waals surface area (Å²) in [6, 6.07) is 4.99.